The number of ether oxygens (including phenoxy) is 1. The maximum Gasteiger partial charge on any atom is 0.328 e. The van der Waals surface area contributed by atoms with Crippen LogP contribution in [0.5, 0.6) is 0 Å². The summed E-state index contributed by atoms with van der Waals surface area (Å²) < 4.78 is 4.68. The van der Waals surface area contributed by atoms with Crippen LogP contribution in [-0.4, -0.2) is 41.5 Å². The van der Waals surface area contributed by atoms with Crippen LogP contribution >= 0.6 is 11.3 Å². The fourth-order valence-corrected chi connectivity index (χ4v) is 2.43. The summed E-state index contributed by atoms with van der Waals surface area (Å²) in [6.45, 7) is 0.595. The smallest absolute Gasteiger partial charge is 0.328 e. The summed E-state index contributed by atoms with van der Waals surface area (Å²) in [4.78, 5) is 29.0. The number of carbonyl (C=O) groups is 2. The zero-order valence-corrected chi connectivity index (χ0v) is 9.70. The van der Waals surface area contributed by atoms with E-state index in [0.29, 0.717) is 18.0 Å². The topological polar surface area (TPSA) is 59.5 Å². The summed E-state index contributed by atoms with van der Waals surface area (Å²) in [6, 6.07) is -0.443. The number of carbonyl (C=O) groups excluding carboxylic acids is 2. The molecule has 1 atom stereocenters. The van der Waals surface area contributed by atoms with Crippen molar-refractivity contribution in [3.8, 4) is 0 Å². The Labute approximate surface area is 97.0 Å². The van der Waals surface area contributed by atoms with Crippen molar-refractivity contribution in [1.82, 2.24) is 9.88 Å². The quantitative estimate of drug-likeness (QED) is 0.721. The number of aromatic nitrogens is 1. The van der Waals surface area contributed by atoms with Crippen LogP contribution in [0.3, 0.4) is 0 Å². The van der Waals surface area contributed by atoms with E-state index in [1.165, 1.54) is 18.4 Å². The highest BCUT2D eigenvalue weighted by atomic mass is 32.1. The number of rotatable bonds is 2. The van der Waals surface area contributed by atoms with E-state index in [9.17, 15) is 9.59 Å². The molecule has 0 radical (unpaired) electrons. The monoisotopic (exact) mass is 240 g/mol. The van der Waals surface area contributed by atoms with Crippen LogP contribution < -0.4 is 0 Å². The number of hydrogen-bond donors (Lipinski definition) is 0. The second-order valence-corrected chi connectivity index (χ2v) is 4.41. The fourth-order valence-electron chi connectivity index (χ4n) is 1.84. The van der Waals surface area contributed by atoms with Gasteiger partial charge in [-0.3, -0.25) is 4.79 Å². The van der Waals surface area contributed by atoms with E-state index >= 15 is 0 Å². The molecule has 16 heavy (non-hydrogen) atoms. The average molecular weight is 240 g/mol. The van der Waals surface area contributed by atoms with Gasteiger partial charge in [-0.25, -0.2) is 9.78 Å². The van der Waals surface area contributed by atoms with Gasteiger partial charge >= 0.3 is 5.97 Å². The molecule has 2 rings (SSSR count). The van der Waals surface area contributed by atoms with E-state index < -0.39 is 6.04 Å². The van der Waals surface area contributed by atoms with Gasteiger partial charge < -0.3 is 9.64 Å². The van der Waals surface area contributed by atoms with E-state index in [4.69, 9.17) is 0 Å². The molecule has 5 nitrogen and oxygen atoms in total. The molecule has 0 aliphatic carbocycles. The van der Waals surface area contributed by atoms with Gasteiger partial charge in [0.25, 0.3) is 5.91 Å². The number of nitrogens with zero attached hydrogens (tertiary/aromatic N) is 2. The van der Waals surface area contributed by atoms with Crippen molar-refractivity contribution in [3.63, 3.8) is 0 Å². The molecule has 1 aliphatic heterocycles. The highest BCUT2D eigenvalue weighted by molar-refractivity contribution is 7.11. The van der Waals surface area contributed by atoms with Gasteiger partial charge in [0.1, 0.15) is 6.04 Å². The molecule has 1 saturated heterocycles. The summed E-state index contributed by atoms with van der Waals surface area (Å²) in [5, 5.41) is 2.17. The summed E-state index contributed by atoms with van der Waals surface area (Å²) in [6.07, 6.45) is 3.09. The summed E-state index contributed by atoms with van der Waals surface area (Å²) >= 11 is 1.28. The third-order valence-corrected chi connectivity index (χ3v) is 3.36. The molecule has 1 amide bonds. The predicted octanol–water partition coefficient (Wildman–Crippen LogP) is 0.921. The molecule has 1 aromatic heterocycles. The van der Waals surface area contributed by atoms with Gasteiger partial charge in [-0.2, -0.15) is 0 Å². The molecule has 1 aromatic rings. The Bertz CT molecular complexity index is 391. The molecule has 1 fully saturated rings. The largest absolute Gasteiger partial charge is 0.467 e. The normalized spacial score (nSPS) is 19.8. The minimum absolute atomic E-state index is 0.178. The lowest BCUT2D eigenvalue weighted by molar-refractivity contribution is -0.145. The first-order valence-corrected chi connectivity index (χ1v) is 5.90. The number of likely N-dealkylation sites (tertiary alicyclic amines) is 1. The Morgan fingerprint density at radius 1 is 1.62 bits per heavy atom. The van der Waals surface area contributed by atoms with Crippen molar-refractivity contribution in [2.45, 2.75) is 18.9 Å². The van der Waals surface area contributed by atoms with E-state index in [2.05, 4.69) is 9.72 Å². The Hall–Kier alpha value is -1.43. The van der Waals surface area contributed by atoms with Crippen LogP contribution in [0.4, 0.5) is 0 Å². The Balaban J connectivity index is 2.14. The van der Waals surface area contributed by atoms with Crippen LogP contribution in [0.1, 0.15) is 22.6 Å². The average Bonchev–Trinajstić information content (AvgIpc) is 2.97. The maximum absolute atomic E-state index is 12.0. The second-order valence-electron chi connectivity index (χ2n) is 3.52. The van der Waals surface area contributed by atoms with Crippen LogP contribution in [0, 0.1) is 0 Å². The van der Waals surface area contributed by atoms with Crippen LogP contribution in [0.25, 0.3) is 0 Å². The SMILES string of the molecule is COC(=O)C1CCCN1C(=O)c1nccs1. The molecule has 1 aliphatic rings. The summed E-state index contributed by atoms with van der Waals surface area (Å²) in [5.74, 6) is -0.523. The minimum Gasteiger partial charge on any atom is -0.467 e. The van der Waals surface area contributed by atoms with Crippen molar-refractivity contribution in [2.75, 3.05) is 13.7 Å². The lowest BCUT2D eigenvalue weighted by atomic mass is 10.2. The molecule has 0 N–H and O–H groups in total. The second kappa shape index (κ2) is 4.61. The van der Waals surface area contributed by atoms with Crippen LogP contribution in [-0.2, 0) is 9.53 Å². The third kappa shape index (κ3) is 1.92. The Kier molecular flexibility index (Phi) is 3.19. The lowest BCUT2D eigenvalue weighted by Crippen LogP contribution is -2.41. The van der Waals surface area contributed by atoms with Crippen molar-refractivity contribution in [1.29, 1.82) is 0 Å². The zero-order valence-electron chi connectivity index (χ0n) is 8.88. The van der Waals surface area contributed by atoms with Crippen LogP contribution in [0.15, 0.2) is 11.6 Å². The van der Waals surface area contributed by atoms with Gasteiger partial charge in [-0.1, -0.05) is 0 Å². The van der Waals surface area contributed by atoms with Gasteiger partial charge in [0, 0.05) is 18.1 Å². The molecule has 0 aromatic carbocycles. The first-order valence-electron chi connectivity index (χ1n) is 5.02. The molecule has 86 valence electrons. The lowest BCUT2D eigenvalue weighted by Gasteiger charge is -2.21. The predicted molar refractivity (Wildman–Crippen MR) is 58.2 cm³/mol. The molecule has 0 spiro atoms. The van der Waals surface area contributed by atoms with Crippen molar-refractivity contribution >= 4 is 23.2 Å². The number of hydrogen-bond acceptors (Lipinski definition) is 5. The van der Waals surface area contributed by atoms with Crippen molar-refractivity contribution in [2.24, 2.45) is 0 Å². The Morgan fingerprint density at radius 2 is 2.44 bits per heavy atom. The fraction of sp³-hybridized carbons (Fsp3) is 0.500. The zero-order chi connectivity index (χ0) is 11.5. The number of methoxy groups -OCH3 is 1. The molecular formula is C10H12N2O3S. The Morgan fingerprint density at radius 3 is 3.06 bits per heavy atom. The first kappa shape index (κ1) is 11.1. The number of esters is 1. The van der Waals surface area contributed by atoms with Gasteiger partial charge in [0.15, 0.2) is 5.01 Å². The minimum atomic E-state index is -0.443. The molecular weight excluding hydrogens is 228 g/mol. The first-order chi connectivity index (χ1) is 7.74. The van der Waals surface area contributed by atoms with E-state index in [-0.39, 0.29) is 11.9 Å². The van der Waals surface area contributed by atoms with Crippen molar-refractivity contribution < 1.29 is 14.3 Å². The molecule has 0 saturated carbocycles. The van der Waals surface area contributed by atoms with Gasteiger partial charge in [0.2, 0.25) is 0 Å². The molecule has 1 unspecified atom stereocenters. The van der Waals surface area contributed by atoms with E-state index in [1.54, 1.807) is 16.5 Å². The highest BCUT2D eigenvalue weighted by Gasteiger charge is 2.35. The van der Waals surface area contributed by atoms with Crippen LogP contribution in [0.2, 0.25) is 0 Å². The van der Waals surface area contributed by atoms with Gasteiger partial charge in [0.05, 0.1) is 7.11 Å². The van der Waals surface area contributed by atoms with E-state index in [1.807, 2.05) is 0 Å². The summed E-state index contributed by atoms with van der Waals surface area (Å²) in [5.41, 5.74) is 0. The summed E-state index contributed by atoms with van der Waals surface area (Å²) in [7, 11) is 1.34. The molecule has 6 heteroatoms. The van der Waals surface area contributed by atoms with E-state index in [0.717, 1.165) is 6.42 Å². The highest BCUT2D eigenvalue weighted by Crippen LogP contribution is 2.21. The maximum atomic E-state index is 12.0. The van der Waals surface area contributed by atoms with Gasteiger partial charge in [-0.05, 0) is 12.8 Å². The number of thiazole rings is 1. The van der Waals surface area contributed by atoms with Crippen molar-refractivity contribution in [3.05, 3.63) is 16.6 Å². The molecule has 0 bridgehead atoms. The number of amides is 1. The van der Waals surface area contributed by atoms with Gasteiger partial charge in [-0.15, -0.1) is 11.3 Å². The standard InChI is InChI=1S/C10H12N2O3S/c1-15-10(14)7-3-2-5-12(7)9(13)8-11-4-6-16-8/h4,6-7H,2-3,5H2,1H3. The molecule has 2 heterocycles. The third-order valence-electron chi connectivity index (χ3n) is 2.60.